The minimum atomic E-state index is -0.540. The molecular weight excluding hydrogens is 272 g/mol. The third-order valence-electron chi connectivity index (χ3n) is 3.11. The van der Waals surface area contributed by atoms with Gasteiger partial charge >= 0.3 is 0 Å². The van der Waals surface area contributed by atoms with Gasteiger partial charge in [0.2, 0.25) is 0 Å². The fraction of sp³-hybridized carbons (Fsp3) is 0.214. The highest BCUT2D eigenvalue weighted by Gasteiger charge is 2.12. The quantitative estimate of drug-likeness (QED) is 0.771. The van der Waals surface area contributed by atoms with Crippen molar-refractivity contribution in [2.45, 2.75) is 13.0 Å². The van der Waals surface area contributed by atoms with Crippen LogP contribution in [0, 0.1) is 6.92 Å². The van der Waals surface area contributed by atoms with Crippen molar-refractivity contribution in [3.63, 3.8) is 0 Å². The van der Waals surface area contributed by atoms with Crippen molar-refractivity contribution in [1.82, 2.24) is 15.0 Å². The highest BCUT2D eigenvalue weighted by molar-refractivity contribution is 7.10. The molecule has 5 nitrogen and oxygen atoms in total. The lowest BCUT2D eigenvalue weighted by Gasteiger charge is -2.13. The van der Waals surface area contributed by atoms with E-state index in [4.69, 9.17) is 0 Å². The largest absolute Gasteiger partial charge is 0.386 e. The second kappa shape index (κ2) is 5.52. The fourth-order valence-corrected chi connectivity index (χ4v) is 2.97. The van der Waals surface area contributed by atoms with E-state index in [0.29, 0.717) is 12.4 Å². The lowest BCUT2D eigenvalue weighted by molar-refractivity contribution is 0.195. The minimum Gasteiger partial charge on any atom is -0.386 e. The molecule has 0 spiro atoms. The molecule has 0 saturated heterocycles. The van der Waals surface area contributed by atoms with Gasteiger partial charge in [0, 0.05) is 23.0 Å². The second-order valence-corrected chi connectivity index (χ2v) is 5.43. The molecule has 0 aromatic carbocycles. The summed E-state index contributed by atoms with van der Waals surface area (Å²) in [6, 6.07) is 3.87. The molecule has 0 bridgehead atoms. The molecule has 0 aliphatic rings. The summed E-state index contributed by atoms with van der Waals surface area (Å²) in [4.78, 5) is 13.4. The van der Waals surface area contributed by atoms with Crippen LogP contribution in [0.5, 0.6) is 0 Å². The summed E-state index contributed by atoms with van der Waals surface area (Å²) in [5, 5.41) is 16.3. The first kappa shape index (κ1) is 13.0. The Balaban J connectivity index is 1.79. The van der Waals surface area contributed by atoms with E-state index in [2.05, 4.69) is 20.3 Å². The Morgan fingerprint density at radius 2 is 2.25 bits per heavy atom. The van der Waals surface area contributed by atoms with Gasteiger partial charge in [-0.15, -0.1) is 11.3 Å². The van der Waals surface area contributed by atoms with Crippen LogP contribution in [-0.2, 0) is 0 Å². The Labute approximate surface area is 120 Å². The van der Waals surface area contributed by atoms with Gasteiger partial charge < -0.3 is 10.4 Å². The Hall–Kier alpha value is -2.05. The van der Waals surface area contributed by atoms with Gasteiger partial charge in [-0.2, -0.15) is 0 Å². The number of hydrogen-bond donors (Lipinski definition) is 2. The predicted molar refractivity (Wildman–Crippen MR) is 79.8 cm³/mol. The van der Waals surface area contributed by atoms with E-state index in [0.717, 1.165) is 21.3 Å². The number of rotatable bonds is 4. The lowest BCUT2D eigenvalue weighted by Crippen LogP contribution is -2.13. The van der Waals surface area contributed by atoms with Crippen molar-refractivity contribution in [3.05, 3.63) is 46.7 Å². The number of nitrogens with one attached hydrogen (secondary N) is 1. The van der Waals surface area contributed by atoms with Gasteiger partial charge in [-0.1, -0.05) is 0 Å². The van der Waals surface area contributed by atoms with Gasteiger partial charge in [0.1, 0.15) is 18.2 Å². The highest BCUT2D eigenvalue weighted by atomic mass is 32.1. The molecule has 0 aliphatic carbocycles. The summed E-state index contributed by atoms with van der Waals surface area (Å²) in [5.41, 5.74) is 1.90. The zero-order valence-electron chi connectivity index (χ0n) is 10.9. The average Bonchev–Trinajstić information content (AvgIpc) is 2.91. The molecule has 0 amide bonds. The van der Waals surface area contributed by atoms with Crippen LogP contribution in [0.4, 0.5) is 5.82 Å². The maximum atomic E-state index is 10.2. The van der Waals surface area contributed by atoms with Crippen molar-refractivity contribution in [2.24, 2.45) is 0 Å². The Morgan fingerprint density at radius 3 is 3.05 bits per heavy atom. The SMILES string of the molecule is Cc1ccsc1C(O)CNc1ncnc2cnccc12. The molecule has 1 unspecified atom stereocenters. The lowest BCUT2D eigenvalue weighted by atomic mass is 10.2. The molecule has 3 rings (SSSR count). The number of fused-ring (bicyclic) bond motifs is 1. The number of nitrogens with zero attached hydrogens (tertiary/aromatic N) is 3. The normalized spacial score (nSPS) is 12.5. The molecule has 0 aliphatic heterocycles. The number of thiophene rings is 1. The van der Waals surface area contributed by atoms with Crippen LogP contribution < -0.4 is 5.32 Å². The summed E-state index contributed by atoms with van der Waals surface area (Å²) < 4.78 is 0. The molecule has 3 aromatic heterocycles. The smallest absolute Gasteiger partial charge is 0.137 e. The van der Waals surface area contributed by atoms with Crippen molar-refractivity contribution >= 4 is 28.1 Å². The molecule has 0 saturated carbocycles. The van der Waals surface area contributed by atoms with Crippen LogP contribution in [0.2, 0.25) is 0 Å². The van der Waals surface area contributed by atoms with E-state index >= 15 is 0 Å². The van der Waals surface area contributed by atoms with Crippen LogP contribution in [0.25, 0.3) is 10.9 Å². The van der Waals surface area contributed by atoms with Gasteiger partial charge in [0.15, 0.2) is 0 Å². The van der Waals surface area contributed by atoms with Crippen molar-refractivity contribution in [2.75, 3.05) is 11.9 Å². The zero-order valence-corrected chi connectivity index (χ0v) is 11.8. The maximum absolute atomic E-state index is 10.2. The highest BCUT2D eigenvalue weighted by Crippen LogP contribution is 2.25. The first-order chi connectivity index (χ1) is 9.75. The van der Waals surface area contributed by atoms with Crippen LogP contribution in [0.15, 0.2) is 36.2 Å². The van der Waals surface area contributed by atoms with Crippen molar-refractivity contribution in [1.29, 1.82) is 0 Å². The fourth-order valence-electron chi connectivity index (χ4n) is 2.06. The van der Waals surface area contributed by atoms with Gasteiger partial charge in [-0.05, 0) is 30.0 Å². The number of aryl methyl sites for hydroxylation is 1. The number of anilines is 1. The molecule has 102 valence electrons. The first-order valence-electron chi connectivity index (χ1n) is 6.26. The number of aliphatic hydroxyl groups is 1. The summed E-state index contributed by atoms with van der Waals surface area (Å²) in [7, 11) is 0. The molecule has 0 fully saturated rings. The van der Waals surface area contributed by atoms with E-state index in [1.54, 1.807) is 23.7 Å². The monoisotopic (exact) mass is 286 g/mol. The summed E-state index contributed by atoms with van der Waals surface area (Å²) >= 11 is 1.56. The first-order valence-corrected chi connectivity index (χ1v) is 7.14. The molecule has 0 radical (unpaired) electrons. The topological polar surface area (TPSA) is 70.9 Å². The third-order valence-corrected chi connectivity index (χ3v) is 4.23. The minimum absolute atomic E-state index is 0.412. The van der Waals surface area contributed by atoms with Crippen LogP contribution >= 0.6 is 11.3 Å². The van der Waals surface area contributed by atoms with Gasteiger partial charge in [-0.3, -0.25) is 4.98 Å². The van der Waals surface area contributed by atoms with E-state index in [-0.39, 0.29) is 0 Å². The van der Waals surface area contributed by atoms with Gasteiger partial charge in [0.25, 0.3) is 0 Å². The van der Waals surface area contributed by atoms with Gasteiger partial charge in [-0.25, -0.2) is 9.97 Å². The Kier molecular flexibility index (Phi) is 3.58. The number of hydrogen-bond acceptors (Lipinski definition) is 6. The van der Waals surface area contributed by atoms with Gasteiger partial charge in [0.05, 0.1) is 11.7 Å². The van der Waals surface area contributed by atoms with E-state index in [1.807, 2.05) is 24.4 Å². The van der Waals surface area contributed by atoms with Crippen molar-refractivity contribution in [3.8, 4) is 0 Å². The molecule has 3 heterocycles. The maximum Gasteiger partial charge on any atom is 0.137 e. The molecule has 2 N–H and O–H groups in total. The van der Waals surface area contributed by atoms with Crippen molar-refractivity contribution < 1.29 is 5.11 Å². The third kappa shape index (κ3) is 2.48. The summed E-state index contributed by atoms with van der Waals surface area (Å²) in [6.07, 6.45) is 4.36. The number of aromatic nitrogens is 3. The number of pyridine rings is 1. The predicted octanol–water partition coefficient (Wildman–Crippen LogP) is 2.54. The van der Waals surface area contributed by atoms with Crippen LogP contribution in [-0.4, -0.2) is 26.6 Å². The van der Waals surface area contributed by atoms with Crippen LogP contribution in [0.3, 0.4) is 0 Å². The molecular formula is C14H14N4OS. The Morgan fingerprint density at radius 1 is 1.35 bits per heavy atom. The number of aliphatic hydroxyl groups excluding tert-OH is 1. The standard InChI is InChI=1S/C14H14N4OS/c1-9-3-5-20-13(9)12(19)7-16-14-10-2-4-15-6-11(10)17-8-18-14/h2-6,8,12,19H,7H2,1H3,(H,16,17,18). The van der Waals surface area contributed by atoms with E-state index < -0.39 is 6.10 Å². The Bertz CT molecular complexity index is 723. The molecule has 1 atom stereocenters. The zero-order chi connectivity index (χ0) is 13.9. The molecule has 3 aromatic rings. The second-order valence-electron chi connectivity index (χ2n) is 4.48. The summed E-state index contributed by atoms with van der Waals surface area (Å²) in [5.74, 6) is 0.714. The average molecular weight is 286 g/mol. The molecule has 20 heavy (non-hydrogen) atoms. The molecule has 6 heteroatoms. The van der Waals surface area contributed by atoms with Crippen LogP contribution in [0.1, 0.15) is 16.5 Å². The van der Waals surface area contributed by atoms with E-state index in [1.165, 1.54) is 6.33 Å². The summed E-state index contributed by atoms with van der Waals surface area (Å²) in [6.45, 7) is 2.41. The van der Waals surface area contributed by atoms with E-state index in [9.17, 15) is 5.11 Å².